The van der Waals surface area contributed by atoms with E-state index >= 15 is 0 Å². The SMILES string of the molecule is COc1cccc2cc(C(=O)C3=C(O)C(=O)N(c4cc(C)on4)[C@@H]3c3cccs3)oc12. The molecule has 1 N–H and O–H groups in total. The van der Waals surface area contributed by atoms with Crippen LogP contribution in [-0.4, -0.2) is 29.1 Å². The van der Waals surface area contributed by atoms with Gasteiger partial charge in [0.05, 0.1) is 12.7 Å². The summed E-state index contributed by atoms with van der Waals surface area (Å²) in [7, 11) is 1.51. The normalized spacial score (nSPS) is 16.5. The molecule has 31 heavy (non-hydrogen) atoms. The Hall–Kier alpha value is -3.85. The number of ketones is 1. The summed E-state index contributed by atoms with van der Waals surface area (Å²) >= 11 is 1.36. The molecule has 1 aliphatic heterocycles. The summed E-state index contributed by atoms with van der Waals surface area (Å²) in [5.74, 6) is -0.788. The molecular weight excluding hydrogens is 420 g/mol. The van der Waals surface area contributed by atoms with E-state index in [1.54, 1.807) is 49.4 Å². The number of Topliss-reactive ketones (excluding diaryl/α,β-unsaturated/α-hetero) is 1. The third-order valence-corrected chi connectivity index (χ3v) is 6.00. The number of thiophene rings is 1. The molecule has 0 spiro atoms. The van der Waals surface area contributed by atoms with E-state index in [1.807, 2.05) is 5.38 Å². The van der Waals surface area contributed by atoms with Crippen LogP contribution in [0, 0.1) is 6.92 Å². The fraction of sp³-hybridized carbons (Fsp3) is 0.136. The van der Waals surface area contributed by atoms with Crippen molar-refractivity contribution in [1.29, 1.82) is 0 Å². The number of carbonyl (C=O) groups excluding carboxylic acids is 2. The first kappa shape index (κ1) is 19.1. The van der Waals surface area contributed by atoms with Crippen LogP contribution >= 0.6 is 11.3 Å². The number of hydrogen-bond acceptors (Lipinski definition) is 8. The lowest BCUT2D eigenvalue weighted by molar-refractivity contribution is -0.117. The quantitative estimate of drug-likeness (QED) is 0.456. The van der Waals surface area contributed by atoms with E-state index < -0.39 is 23.5 Å². The number of furan rings is 1. The van der Waals surface area contributed by atoms with Gasteiger partial charge in [-0.15, -0.1) is 11.3 Å². The maximum Gasteiger partial charge on any atom is 0.295 e. The number of benzene rings is 1. The van der Waals surface area contributed by atoms with Gasteiger partial charge >= 0.3 is 0 Å². The van der Waals surface area contributed by atoms with Crippen molar-refractivity contribution in [2.24, 2.45) is 0 Å². The minimum atomic E-state index is -0.861. The number of carbonyl (C=O) groups is 2. The van der Waals surface area contributed by atoms with Gasteiger partial charge in [0, 0.05) is 16.3 Å². The molecule has 1 aliphatic rings. The molecule has 3 aromatic heterocycles. The van der Waals surface area contributed by atoms with Gasteiger partial charge in [0.2, 0.25) is 5.78 Å². The van der Waals surface area contributed by atoms with Crippen molar-refractivity contribution in [1.82, 2.24) is 5.16 Å². The Bertz CT molecular complexity index is 1350. The van der Waals surface area contributed by atoms with Gasteiger partial charge < -0.3 is 18.8 Å². The van der Waals surface area contributed by atoms with Crippen LogP contribution in [0.3, 0.4) is 0 Å². The molecule has 0 saturated heterocycles. The molecule has 0 fully saturated rings. The van der Waals surface area contributed by atoms with Gasteiger partial charge in [-0.1, -0.05) is 23.4 Å². The maximum atomic E-state index is 13.5. The predicted octanol–water partition coefficient (Wildman–Crippen LogP) is 4.58. The lowest BCUT2D eigenvalue weighted by atomic mass is 10.00. The second kappa shape index (κ2) is 7.13. The standard InChI is InChI=1S/C22H16N2O6S/c1-11-9-16(23-30-11)24-18(15-7-4-8-31-15)17(20(26)22(24)27)19(25)14-10-12-5-3-6-13(28-2)21(12)29-14/h3-10,18,26H,1-2H3/t18-/m1/s1. The summed E-state index contributed by atoms with van der Waals surface area (Å²) in [5.41, 5.74) is 0.334. The van der Waals surface area contributed by atoms with Crippen LogP contribution in [0.4, 0.5) is 5.82 Å². The smallest absolute Gasteiger partial charge is 0.295 e. The number of ether oxygens (including phenoxy) is 1. The topological polar surface area (TPSA) is 106 Å². The van der Waals surface area contributed by atoms with Crippen molar-refractivity contribution >= 4 is 39.8 Å². The monoisotopic (exact) mass is 436 g/mol. The number of nitrogens with zero attached hydrogens (tertiary/aromatic N) is 2. The van der Waals surface area contributed by atoms with Crippen LogP contribution in [0.15, 0.2) is 68.1 Å². The molecule has 1 aromatic carbocycles. The molecule has 1 atom stereocenters. The fourth-order valence-electron chi connectivity index (χ4n) is 3.70. The number of aliphatic hydroxyl groups is 1. The van der Waals surface area contributed by atoms with Gasteiger partial charge in [0.25, 0.3) is 5.91 Å². The highest BCUT2D eigenvalue weighted by Gasteiger charge is 2.47. The first-order chi connectivity index (χ1) is 15.0. The highest BCUT2D eigenvalue weighted by molar-refractivity contribution is 7.10. The fourth-order valence-corrected chi connectivity index (χ4v) is 4.52. The van der Waals surface area contributed by atoms with Crippen molar-refractivity contribution < 1.29 is 28.4 Å². The minimum absolute atomic E-state index is 0.00594. The third kappa shape index (κ3) is 2.93. The number of rotatable bonds is 5. The zero-order valence-corrected chi connectivity index (χ0v) is 17.3. The Balaban J connectivity index is 1.64. The van der Waals surface area contributed by atoms with Crippen molar-refractivity contribution in [3.05, 3.63) is 75.6 Å². The number of anilines is 1. The summed E-state index contributed by atoms with van der Waals surface area (Å²) < 4.78 is 16.2. The average Bonchev–Trinajstić information content (AvgIpc) is 3.54. The van der Waals surface area contributed by atoms with E-state index in [-0.39, 0.29) is 17.2 Å². The van der Waals surface area contributed by atoms with E-state index in [1.165, 1.54) is 23.3 Å². The number of methoxy groups -OCH3 is 1. The molecule has 5 rings (SSSR count). The predicted molar refractivity (Wildman–Crippen MR) is 113 cm³/mol. The molecule has 0 saturated carbocycles. The number of aryl methyl sites for hydroxylation is 1. The van der Waals surface area contributed by atoms with Crippen molar-refractivity contribution in [3.63, 3.8) is 0 Å². The van der Waals surface area contributed by atoms with E-state index in [9.17, 15) is 14.7 Å². The maximum absolute atomic E-state index is 13.5. The van der Waals surface area contributed by atoms with E-state index in [0.29, 0.717) is 27.4 Å². The van der Waals surface area contributed by atoms with Crippen LogP contribution in [0.25, 0.3) is 11.0 Å². The van der Waals surface area contributed by atoms with Crippen molar-refractivity contribution in [2.45, 2.75) is 13.0 Å². The largest absolute Gasteiger partial charge is 0.503 e. The van der Waals surface area contributed by atoms with Crippen molar-refractivity contribution in [3.8, 4) is 5.75 Å². The van der Waals surface area contributed by atoms with Crippen LogP contribution in [0.1, 0.15) is 27.2 Å². The number of fused-ring (bicyclic) bond motifs is 1. The van der Waals surface area contributed by atoms with Gasteiger partial charge in [-0.2, -0.15) is 0 Å². The second-order valence-corrected chi connectivity index (χ2v) is 7.95. The first-order valence-corrected chi connectivity index (χ1v) is 10.2. The Kier molecular flexibility index (Phi) is 4.40. The second-order valence-electron chi connectivity index (χ2n) is 6.97. The number of para-hydroxylation sites is 1. The summed E-state index contributed by atoms with van der Waals surface area (Å²) in [4.78, 5) is 28.4. The molecular formula is C22H16N2O6S. The van der Waals surface area contributed by atoms with Crippen LogP contribution < -0.4 is 9.64 Å². The van der Waals surface area contributed by atoms with Gasteiger partial charge in [-0.05, 0) is 30.5 Å². The van der Waals surface area contributed by atoms with Crippen LogP contribution in [0.2, 0.25) is 0 Å². The third-order valence-electron chi connectivity index (χ3n) is 5.08. The molecule has 4 heterocycles. The molecule has 0 aliphatic carbocycles. The number of amides is 1. The number of aromatic nitrogens is 1. The van der Waals surface area contributed by atoms with E-state index in [2.05, 4.69) is 5.16 Å². The molecule has 1 amide bonds. The molecule has 156 valence electrons. The first-order valence-electron chi connectivity index (χ1n) is 9.34. The Morgan fingerprint density at radius 1 is 1.26 bits per heavy atom. The highest BCUT2D eigenvalue weighted by atomic mass is 32.1. The highest BCUT2D eigenvalue weighted by Crippen LogP contribution is 2.43. The number of aliphatic hydroxyl groups excluding tert-OH is 1. The van der Waals surface area contributed by atoms with Crippen molar-refractivity contribution in [2.75, 3.05) is 12.0 Å². The Labute approximate surface area is 179 Å². The lowest BCUT2D eigenvalue weighted by Gasteiger charge is -2.22. The van der Waals surface area contributed by atoms with Gasteiger partial charge in [-0.3, -0.25) is 14.5 Å². The zero-order chi connectivity index (χ0) is 21.7. The van der Waals surface area contributed by atoms with Gasteiger partial charge in [0.1, 0.15) is 11.8 Å². The molecule has 8 nitrogen and oxygen atoms in total. The summed E-state index contributed by atoms with van der Waals surface area (Å²) in [5, 5.41) is 17.1. The number of hydrogen-bond donors (Lipinski definition) is 1. The molecule has 9 heteroatoms. The molecule has 4 aromatic rings. The van der Waals surface area contributed by atoms with Crippen LogP contribution in [0.5, 0.6) is 5.75 Å². The minimum Gasteiger partial charge on any atom is -0.503 e. The zero-order valence-electron chi connectivity index (χ0n) is 16.5. The van der Waals surface area contributed by atoms with E-state index in [0.717, 1.165) is 0 Å². The van der Waals surface area contributed by atoms with Gasteiger partial charge in [-0.25, -0.2) is 0 Å². The Morgan fingerprint density at radius 3 is 2.77 bits per heavy atom. The van der Waals surface area contributed by atoms with Gasteiger partial charge in [0.15, 0.2) is 28.7 Å². The van der Waals surface area contributed by atoms with Crippen LogP contribution in [-0.2, 0) is 4.79 Å². The molecule has 0 radical (unpaired) electrons. The lowest BCUT2D eigenvalue weighted by Crippen LogP contribution is -2.30. The Morgan fingerprint density at radius 2 is 2.10 bits per heavy atom. The van der Waals surface area contributed by atoms with E-state index in [4.69, 9.17) is 13.7 Å². The summed E-state index contributed by atoms with van der Waals surface area (Å²) in [6.07, 6.45) is 0. The average molecular weight is 436 g/mol. The summed E-state index contributed by atoms with van der Waals surface area (Å²) in [6.45, 7) is 1.69. The summed E-state index contributed by atoms with van der Waals surface area (Å²) in [6, 6.07) is 11.2. The molecule has 0 bridgehead atoms. The molecule has 0 unspecified atom stereocenters.